The molecule has 0 atom stereocenters. The molecule has 0 aliphatic heterocycles. The molecule has 0 radical (unpaired) electrons. The first-order valence-electron chi connectivity index (χ1n) is 5.45. The van der Waals surface area contributed by atoms with E-state index in [2.05, 4.69) is 34.8 Å². The van der Waals surface area contributed by atoms with Gasteiger partial charge in [0, 0.05) is 5.69 Å². The van der Waals surface area contributed by atoms with E-state index in [-0.39, 0.29) is 0 Å². The molecule has 1 aromatic rings. The number of nitrogens with zero attached hydrogens (tertiary/aromatic N) is 1. The second-order valence-electron chi connectivity index (χ2n) is 4.57. The average Bonchev–Trinajstić information content (AvgIpc) is 2.59. The lowest BCUT2D eigenvalue weighted by molar-refractivity contribution is 0.642. The molecule has 15 heavy (non-hydrogen) atoms. The average molecular weight is 289 g/mol. The Morgan fingerprint density at radius 2 is 2.13 bits per heavy atom. The third-order valence-corrected chi connectivity index (χ3v) is 4.05. The fourth-order valence-electron chi connectivity index (χ4n) is 2.22. The zero-order valence-electron chi connectivity index (χ0n) is 9.11. The summed E-state index contributed by atoms with van der Waals surface area (Å²) in [4.78, 5) is 4.51. The van der Waals surface area contributed by atoms with Crippen LogP contribution in [0.1, 0.15) is 37.1 Å². The normalized spacial score (nSPS) is 14.7. The molecule has 82 valence electrons. The Morgan fingerprint density at radius 3 is 2.80 bits per heavy atom. The van der Waals surface area contributed by atoms with E-state index in [0.29, 0.717) is 5.92 Å². The summed E-state index contributed by atoms with van der Waals surface area (Å²) in [5.41, 5.74) is 3.99. The zero-order valence-corrected chi connectivity index (χ0v) is 11.5. The number of fused-ring (bicyclic) bond motifs is 1. The van der Waals surface area contributed by atoms with Gasteiger partial charge in [-0.15, -0.1) is 0 Å². The molecule has 0 fully saturated rings. The molecule has 0 unspecified atom stereocenters. The molecule has 0 saturated carbocycles. The summed E-state index contributed by atoms with van der Waals surface area (Å²) in [6.45, 7) is 4.46. The van der Waals surface area contributed by atoms with Gasteiger partial charge >= 0.3 is 0 Å². The van der Waals surface area contributed by atoms with Crippen molar-refractivity contribution in [3.05, 3.63) is 26.4 Å². The molecule has 0 bridgehead atoms. The third kappa shape index (κ3) is 2.21. The second kappa shape index (κ2) is 4.42. The first kappa shape index (κ1) is 11.4. The molecule has 0 N–H and O–H groups in total. The first-order valence-corrected chi connectivity index (χ1v) is 6.62. The van der Waals surface area contributed by atoms with E-state index in [1.807, 2.05) is 0 Å². The number of aryl methyl sites for hydroxylation is 1. The van der Waals surface area contributed by atoms with Crippen LogP contribution in [-0.4, -0.2) is 4.98 Å². The highest BCUT2D eigenvalue weighted by atomic mass is 79.9. The Hall–Kier alpha value is -0.0800. The summed E-state index contributed by atoms with van der Waals surface area (Å²) >= 11 is 9.76. The summed E-state index contributed by atoms with van der Waals surface area (Å²) in [5, 5.41) is 0.823. The molecule has 0 amide bonds. The van der Waals surface area contributed by atoms with Gasteiger partial charge in [-0.25, -0.2) is 4.98 Å². The maximum Gasteiger partial charge on any atom is 0.125 e. The summed E-state index contributed by atoms with van der Waals surface area (Å²) in [6, 6.07) is 0. The van der Waals surface area contributed by atoms with Crippen LogP contribution in [0.5, 0.6) is 0 Å². The van der Waals surface area contributed by atoms with E-state index in [9.17, 15) is 0 Å². The van der Waals surface area contributed by atoms with Crippen molar-refractivity contribution in [2.24, 2.45) is 5.92 Å². The molecular weight excluding hydrogens is 273 g/mol. The Labute approximate surface area is 104 Å². The van der Waals surface area contributed by atoms with Gasteiger partial charge in [-0.3, -0.25) is 0 Å². The Balaban J connectivity index is 2.50. The highest BCUT2D eigenvalue weighted by Crippen LogP contribution is 2.34. The van der Waals surface area contributed by atoms with Crippen molar-refractivity contribution in [1.29, 1.82) is 0 Å². The Bertz CT molecular complexity index is 388. The van der Waals surface area contributed by atoms with Crippen LogP contribution in [0.3, 0.4) is 0 Å². The number of aromatic nitrogens is 1. The van der Waals surface area contributed by atoms with E-state index in [0.717, 1.165) is 28.9 Å². The van der Waals surface area contributed by atoms with E-state index in [4.69, 9.17) is 11.6 Å². The van der Waals surface area contributed by atoms with Gasteiger partial charge in [0.2, 0.25) is 0 Å². The van der Waals surface area contributed by atoms with E-state index < -0.39 is 0 Å². The molecule has 3 heteroatoms. The summed E-state index contributed by atoms with van der Waals surface area (Å²) < 4.78 is 0.820. The van der Waals surface area contributed by atoms with Gasteiger partial charge in [0.15, 0.2) is 0 Å². The van der Waals surface area contributed by atoms with Crippen LogP contribution in [-0.2, 0) is 19.3 Å². The standard InChI is InChI=1S/C12H15BrClN/c1-7(2)6-9-8-4-3-5-10(8)15-12(13)11(9)14/h7H,3-6H2,1-2H3. The predicted molar refractivity (Wildman–Crippen MR) is 67.5 cm³/mol. The van der Waals surface area contributed by atoms with Crippen molar-refractivity contribution in [2.75, 3.05) is 0 Å². The number of rotatable bonds is 2. The fourth-order valence-corrected chi connectivity index (χ4v) is 2.91. The lowest BCUT2D eigenvalue weighted by Gasteiger charge is -2.13. The van der Waals surface area contributed by atoms with Gasteiger partial charge in [0.05, 0.1) is 5.02 Å². The number of pyridine rings is 1. The maximum absolute atomic E-state index is 6.31. The number of hydrogen-bond acceptors (Lipinski definition) is 1. The second-order valence-corrected chi connectivity index (χ2v) is 5.70. The van der Waals surface area contributed by atoms with Crippen LogP contribution in [0.15, 0.2) is 4.60 Å². The molecule has 0 aromatic carbocycles. The highest BCUT2D eigenvalue weighted by molar-refractivity contribution is 9.10. The maximum atomic E-state index is 6.31. The van der Waals surface area contributed by atoms with Crippen molar-refractivity contribution in [2.45, 2.75) is 39.5 Å². The molecule has 1 aliphatic carbocycles. The van der Waals surface area contributed by atoms with Crippen molar-refractivity contribution in [3.63, 3.8) is 0 Å². The minimum absolute atomic E-state index is 0.640. The highest BCUT2D eigenvalue weighted by Gasteiger charge is 2.21. The van der Waals surface area contributed by atoms with Crippen molar-refractivity contribution in [3.8, 4) is 0 Å². The van der Waals surface area contributed by atoms with Gasteiger partial charge in [-0.05, 0) is 58.7 Å². The summed E-state index contributed by atoms with van der Waals surface area (Å²) in [7, 11) is 0. The first-order chi connectivity index (χ1) is 7.09. The molecule has 2 rings (SSSR count). The van der Waals surface area contributed by atoms with Gasteiger partial charge in [-0.1, -0.05) is 25.4 Å². The summed E-state index contributed by atoms with van der Waals surface area (Å²) in [6.07, 6.45) is 4.54. The number of hydrogen-bond donors (Lipinski definition) is 0. The molecular formula is C12H15BrClN. The Kier molecular flexibility index (Phi) is 3.36. The van der Waals surface area contributed by atoms with Crippen LogP contribution in [0, 0.1) is 5.92 Å². The van der Waals surface area contributed by atoms with Gasteiger partial charge in [-0.2, -0.15) is 0 Å². The topological polar surface area (TPSA) is 12.9 Å². The van der Waals surface area contributed by atoms with Crippen LogP contribution in [0.25, 0.3) is 0 Å². The van der Waals surface area contributed by atoms with Crippen molar-refractivity contribution in [1.82, 2.24) is 4.98 Å². The van der Waals surface area contributed by atoms with E-state index in [1.165, 1.54) is 23.2 Å². The van der Waals surface area contributed by atoms with Crippen LogP contribution in [0.2, 0.25) is 5.02 Å². The third-order valence-electron chi connectivity index (χ3n) is 2.84. The van der Waals surface area contributed by atoms with Crippen LogP contribution < -0.4 is 0 Å². The van der Waals surface area contributed by atoms with Crippen molar-refractivity contribution >= 4 is 27.5 Å². The summed E-state index contributed by atoms with van der Waals surface area (Å²) in [5.74, 6) is 0.640. The van der Waals surface area contributed by atoms with E-state index >= 15 is 0 Å². The van der Waals surface area contributed by atoms with E-state index in [1.54, 1.807) is 0 Å². The molecule has 0 spiro atoms. The van der Waals surface area contributed by atoms with Crippen LogP contribution in [0.4, 0.5) is 0 Å². The smallest absolute Gasteiger partial charge is 0.125 e. The molecule has 1 nitrogen and oxygen atoms in total. The zero-order chi connectivity index (χ0) is 11.0. The van der Waals surface area contributed by atoms with Gasteiger partial charge in [0.1, 0.15) is 4.60 Å². The van der Waals surface area contributed by atoms with Gasteiger partial charge in [0.25, 0.3) is 0 Å². The predicted octanol–water partition coefficient (Wildman–Crippen LogP) is 4.18. The largest absolute Gasteiger partial charge is 0.244 e. The number of halogens is 2. The molecule has 1 heterocycles. The Morgan fingerprint density at radius 1 is 1.40 bits per heavy atom. The van der Waals surface area contributed by atoms with Crippen molar-refractivity contribution < 1.29 is 0 Å². The lowest BCUT2D eigenvalue weighted by atomic mass is 9.98. The SMILES string of the molecule is CC(C)Cc1c(Cl)c(Br)nc2c1CCC2. The molecule has 1 aromatic heterocycles. The minimum atomic E-state index is 0.640. The minimum Gasteiger partial charge on any atom is -0.244 e. The molecule has 1 aliphatic rings. The monoisotopic (exact) mass is 287 g/mol. The lowest BCUT2D eigenvalue weighted by Crippen LogP contribution is -2.03. The quantitative estimate of drug-likeness (QED) is 0.744. The van der Waals surface area contributed by atoms with Gasteiger partial charge < -0.3 is 0 Å². The molecule has 0 saturated heterocycles. The van der Waals surface area contributed by atoms with Crippen LogP contribution >= 0.6 is 27.5 Å². The fraction of sp³-hybridized carbons (Fsp3) is 0.583.